The van der Waals surface area contributed by atoms with Gasteiger partial charge in [0.2, 0.25) is 0 Å². The normalized spacial score (nSPS) is 24.8. The van der Waals surface area contributed by atoms with Gasteiger partial charge < -0.3 is 9.84 Å². The van der Waals surface area contributed by atoms with E-state index in [9.17, 15) is 0 Å². The Morgan fingerprint density at radius 1 is 1.35 bits per heavy atom. The zero-order valence-corrected chi connectivity index (χ0v) is 11.6. The van der Waals surface area contributed by atoms with Gasteiger partial charge in [-0.3, -0.25) is 0 Å². The highest BCUT2D eigenvalue weighted by atomic mass is 16.5. The van der Waals surface area contributed by atoms with Gasteiger partial charge in [-0.05, 0) is 39.0 Å². The SMILES string of the molecule is CC1Cc2onc(CNC(C)(C)C)c2C(C)C1. The van der Waals surface area contributed by atoms with Gasteiger partial charge in [0.1, 0.15) is 11.5 Å². The molecule has 0 saturated carbocycles. The van der Waals surface area contributed by atoms with Gasteiger partial charge in [-0.1, -0.05) is 19.0 Å². The molecule has 1 aromatic heterocycles. The van der Waals surface area contributed by atoms with E-state index in [1.165, 1.54) is 12.0 Å². The predicted molar refractivity (Wildman–Crippen MR) is 69.0 cm³/mol. The molecular formula is C14H24N2O. The van der Waals surface area contributed by atoms with Gasteiger partial charge in [0.25, 0.3) is 0 Å². The molecule has 3 nitrogen and oxygen atoms in total. The molecule has 0 fully saturated rings. The molecule has 0 saturated heterocycles. The van der Waals surface area contributed by atoms with Crippen LogP contribution in [0.25, 0.3) is 0 Å². The third-order valence-corrected chi connectivity index (χ3v) is 3.45. The van der Waals surface area contributed by atoms with Crippen LogP contribution in [0.2, 0.25) is 0 Å². The van der Waals surface area contributed by atoms with Crippen molar-refractivity contribution in [1.82, 2.24) is 10.5 Å². The van der Waals surface area contributed by atoms with Crippen molar-refractivity contribution in [2.45, 2.75) is 65.5 Å². The minimum Gasteiger partial charge on any atom is -0.361 e. The molecule has 2 rings (SSSR count). The number of nitrogens with zero attached hydrogens (tertiary/aromatic N) is 1. The van der Waals surface area contributed by atoms with Gasteiger partial charge in [0, 0.05) is 24.1 Å². The lowest BCUT2D eigenvalue weighted by molar-refractivity contribution is 0.331. The van der Waals surface area contributed by atoms with E-state index in [1.807, 2.05) is 0 Å². The summed E-state index contributed by atoms with van der Waals surface area (Å²) in [5.74, 6) is 2.41. The van der Waals surface area contributed by atoms with Crippen LogP contribution in [0, 0.1) is 5.92 Å². The second-order valence-electron chi connectivity index (χ2n) is 6.52. The Kier molecular flexibility index (Phi) is 3.30. The first-order chi connectivity index (χ1) is 7.87. The number of aromatic nitrogens is 1. The molecule has 0 amide bonds. The summed E-state index contributed by atoms with van der Waals surface area (Å²) in [5.41, 5.74) is 2.59. The maximum Gasteiger partial charge on any atom is 0.140 e. The largest absolute Gasteiger partial charge is 0.361 e. The summed E-state index contributed by atoms with van der Waals surface area (Å²) in [6.45, 7) is 11.9. The van der Waals surface area contributed by atoms with Crippen molar-refractivity contribution < 1.29 is 4.52 Å². The number of nitrogens with one attached hydrogen (secondary N) is 1. The number of hydrogen-bond acceptors (Lipinski definition) is 3. The Hall–Kier alpha value is -0.830. The van der Waals surface area contributed by atoms with Gasteiger partial charge in [0.05, 0.1) is 0 Å². The first kappa shape index (κ1) is 12.6. The van der Waals surface area contributed by atoms with E-state index < -0.39 is 0 Å². The summed E-state index contributed by atoms with van der Waals surface area (Å²) in [5, 5.41) is 7.73. The van der Waals surface area contributed by atoms with Gasteiger partial charge in [-0.2, -0.15) is 0 Å². The molecule has 0 aromatic carbocycles. The van der Waals surface area contributed by atoms with E-state index in [4.69, 9.17) is 4.52 Å². The lowest BCUT2D eigenvalue weighted by atomic mass is 9.81. The fraction of sp³-hybridized carbons (Fsp3) is 0.786. The van der Waals surface area contributed by atoms with Crippen molar-refractivity contribution in [3.63, 3.8) is 0 Å². The first-order valence-corrected chi connectivity index (χ1v) is 6.59. The highest BCUT2D eigenvalue weighted by molar-refractivity contribution is 5.29. The molecule has 0 spiro atoms. The Morgan fingerprint density at radius 2 is 2.06 bits per heavy atom. The van der Waals surface area contributed by atoms with Crippen molar-refractivity contribution in [3.8, 4) is 0 Å². The quantitative estimate of drug-likeness (QED) is 0.856. The summed E-state index contributed by atoms with van der Waals surface area (Å²) in [6, 6.07) is 0. The molecule has 3 heteroatoms. The van der Waals surface area contributed by atoms with Crippen molar-refractivity contribution in [3.05, 3.63) is 17.0 Å². The zero-order valence-electron chi connectivity index (χ0n) is 11.6. The van der Waals surface area contributed by atoms with Crippen LogP contribution in [-0.2, 0) is 13.0 Å². The standard InChI is InChI=1S/C14H24N2O/c1-9-6-10(2)13-11(8-15-14(3,4)5)16-17-12(13)7-9/h9-10,15H,6-8H2,1-5H3. The van der Waals surface area contributed by atoms with Crippen LogP contribution in [0.15, 0.2) is 4.52 Å². The lowest BCUT2D eigenvalue weighted by Gasteiger charge is -2.24. The van der Waals surface area contributed by atoms with Gasteiger partial charge in [-0.15, -0.1) is 0 Å². The summed E-state index contributed by atoms with van der Waals surface area (Å²) in [6.07, 6.45) is 2.29. The topological polar surface area (TPSA) is 38.1 Å². The van der Waals surface area contributed by atoms with E-state index in [1.54, 1.807) is 0 Å². The van der Waals surface area contributed by atoms with Crippen molar-refractivity contribution in [1.29, 1.82) is 0 Å². The molecule has 1 heterocycles. The highest BCUT2D eigenvalue weighted by Gasteiger charge is 2.28. The summed E-state index contributed by atoms with van der Waals surface area (Å²) >= 11 is 0. The molecule has 1 aromatic rings. The molecule has 2 unspecified atom stereocenters. The van der Waals surface area contributed by atoms with Crippen molar-refractivity contribution in [2.24, 2.45) is 5.92 Å². The average Bonchev–Trinajstić information content (AvgIpc) is 2.56. The molecule has 2 atom stereocenters. The summed E-state index contributed by atoms with van der Waals surface area (Å²) in [7, 11) is 0. The fourth-order valence-corrected chi connectivity index (χ4v) is 2.67. The van der Waals surface area contributed by atoms with Crippen molar-refractivity contribution in [2.75, 3.05) is 0 Å². The second-order valence-corrected chi connectivity index (χ2v) is 6.52. The van der Waals surface area contributed by atoms with Crippen LogP contribution in [0.5, 0.6) is 0 Å². The number of fused-ring (bicyclic) bond motifs is 1. The molecule has 1 aliphatic carbocycles. The molecule has 1 N–H and O–H groups in total. The number of rotatable bonds is 2. The Morgan fingerprint density at radius 3 is 2.71 bits per heavy atom. The van der Waals surface area contributed by atoms with E-state index in [0.29, 0.717) is 11.8 Å². The maximum absolute atomic E-state index is 5.50. The van der Waals surface area contributed by atoms with E-state index in [0.717, 1.165) is 24.4 Å². The van der Waals surface area contributed by atoms with Crippen LogP contribution in [0.1, 0.15) is 64.0 Å². The molecular weight excluding hydrogens is 212 g/mol. The Labute approximate surface area is 104 Å². The van der Waals surface area contributed by atoms with E-state index >= 15 is 0 Å². The summed E-state index contributed by atoms with van der Waals surface area (Å²) in [4.78, 5) is 0. The first-order valence-electron chi connectivity index (χ1n) is 6.59. The third kappa shape index (κ3) is 2.89. The van der Waals surface area contributed by atoms with Crippen LogP contribution >= 0.6 is 0 Å². The van der Waals surface area contributed by atoms with Crippen LogP contribution in [0.3, 0.4) is 0 Å². The zero-order chi connectivity index (χ0) is 12.6. The molecule has 0 bridgehead atoms. The minimum atomic E-state index is 0.122. The second kappa shape index (κ2) is 4.45. The number of hydrogen-bond donors (Lipinski definition) is 1. The Balaban J connectivity index is 2.15. The van der Waals surface area contributed by atoms with Gasteiger partial charge in [-0.25, -0.2) is 0 Å². The van der Waals surface area contributed by atoms with E-state index in [2.05, 4.69) is 45.1 Å². The lowest BCUT2D eigenvalue weighted by Crippen LogP contribution is -2.35. The predicted octanol–water partition coefficient (Wildman–Crippen LogP) is 3.25. The third-order valence-electron chi connectivity index (χ3n) is 3.45. The summed E-state index contributed by atoms with van der Waals surface area (Å²) < 4.78 is 5.50. The Bertz CT molecular complexity index is 389. The molecule has 17 heavy (non-hydrogen) atoms. The minimum absolute atomic E-state index is 0.122. The highest BCUT2D eigenvalue weighted by Crippen LogP contribution is 2.36. The molecule has 1 aliphatic rings. The smallest absolute Gasteiger partial charge is 0.140 e. The van der Waals surface area contributed by atoms with E-state index in [-0.39, 0.29) is 5.54 Å². The van der Waals surface area contributed by atoms with Gasteiger partial charge >= 0.3 is 0 Å². The van der Waals surface area contributed by atoms with Crippen molar-refractivity contribution >= 4 is 0 Å². The molecule has 96 valence electrons. The average molecular weight is 236 g/mol. The van der Waals surface area contributed by atoms with Crippen LogP contribution in [0.4, 0.5) is 0 Å². The molecule has 0 radical (unpaired) electrons. The monoisotopic (exact) mass is 236 g/mol. The maximum atomic E-state index is 5.50. The van der Waals surface area contributed by atoms with Crippen LogP contribution < -0.4 is 5.32 Å². The van der Waals surface area contributed by atoms with Gasteiger partial charge in [0.15, 0.2) is 0 Å². The van der Waals surface area contributed by atoms with Crippen LogP contribution in [-0.4, -0.2) is 10.7 Å². The molecule has 0 aliphatic heterocycles. The fourth-order valence-electron chi connectivity index (χ4n) is 2.67.